The van der Waals surface area contributed by atoms with Crippen molar-refractivity contribution in [2.24, 2.45) is 4.99 Å². The summed E-state index contributed by atoms with van der Waals surface area (Å²) in [7, 11) is 0. The molecule has 0 N–H and O–H groups in total. The summed E-state index contributed by atoms with van der Waals surface area (Å²) >= 11 is 0. The lowest BCUT2D eigenvalue weighted by molar-refractivity contribution is 0.0960. The molecule has 0 aliphatic carbocycles. The van der Waals surface area contributed by atoms with Crippen LogP contribution >= 0.6 is 0 Å². The molecular formula is C16H13NO. The summed E-state index contributed by atoms with van der Waals surface area (Å²) in [6.45, 7) is 1.88. The van der Waals surface area contributed by atoms with Gasteiger partial charge in [0.1, 0.15) is 0 Å². The highest BCUT2D eigenvalue weighted by atomic mass is 16.1. The summed E-state index contributed by atoms with van der Waals surface area (Å²) < 4.78 is 0. The van der Waals surface area contributed by atoms with E-state index in [-0.39, 0.29) is 5.78 Å². The maximum Gasteiger partial charge on any atom is 0.196 e. The smallest absolute Gasteiger partial charge is 0.196 e. The molecular weight excluding hydrogens is 222 g/mol. The average Bonchev–Trinajstić information content (AvgIpc) is 3.14. The molecule has 2 heteroatoms. The predicted molar refractivity (Wildman–Crippen MR) is 72.2 cm³/mol. The van der Waals surface area contributed by atoms with Gasteiger partial charge in [0.2, 0.25) is 0 Å². The van der Waals surface area contributed by atoms with Gasteiger partial charge in [0, 0.05) is 5.56 Å². The number of nitrogens with zero attached hydrogens (tertiary/aromatic N) is 1. The maximum absolute atomic E-state index is 12.4. The minimum absolute atomic E-state index is 0.0713. The van der Waals surface area contributed by atoms with Gasteiger partial charge in [0.25, 0.3) is 0 Å². The number of rotatable bonds is 3. The number of carbonyl (C=O) groups excluding carboxylic acids is 1. The number of hydrogen-bond donors (Lipinski definition) is 0. The van der Waals surface area contributed by atoms with Crippen LogP contribution in [0.2, 0.25) is 0 Å². The highest BCUT2D eigenvalue weighted by Crippen LogP contribution is 2.35. The van der Waals surface area contributed by atoms with E-state index in [1.54, 1.807) is 0 Å². The van der Waals surface area contributed by atoms with E-state index in [1.165, 1.54) is 0 Å². The second-order valence-corrected chi connectivity index (χ2v) is 4.59. The molecule has 2 aromatic carbocycles. The molecule has 0 aromatic heterocycles. The Labute approximate surface area is 106 Å². The number of aliphatic imine (C=N–C) groups is 1. The van der Waals surface area contributed by atoms with E-state index in [1.807, 2.05) is 67.6 Å². The van der Waals surface area contributed by atoms with Crippen LogP contribution in [0.3, 0.4) is 0 Å². The molecule has 2 aromatic rings. The molecule has 88 valence electrons. The second kappa shape index (κ2) is 3.91. The van der Waals surface area contributed by atoms with Crippen LogP contribution in [0.5, 0.6) is 0 Å². The number of hydrogen-bond acceptors (Lipinski definition) is 2. The van der Waals surface area contributed by atoms with E-state index in [9.17, 15) is 4.79 Å². The Morgan fingerprint density at radius 3 is 2.11 bits per heavy atom. The molecule has 0 spiro atoms. The Balaban J connectivity index is 1.87. The summed E-state index contributed by atoms with van der Waals surface area (Å²) in [5.74, 6) is 0.0713. The number of carbonyl (C=O) groups is 1. The van der Waals surface area contributed by atoms with Gasteiger partial charge in [-0.05, 0) is 12.5 Å². The van der Waals surface area contributed by atoms with Crippen LogP contribution in [0.25, 0.3) is 0 Å². The third kappa shape index (κ3) is 1.66. The first-order chi connectivity index (χ1) is 8.72. The first-order valence-corrected chi connectivity index (χ1v) is 5.97. The standard InChI is InChI=1S/C16H13NO/c1-16(15(18)13-10-6-3-7-11-13)14(17-16)12-8-4-2-5-9-12/h2-11H,1H3. The van der Waals surface area contributed by atoms with E-state index < -0.39 is 5.54 Å². The highest BCUT2D eigenvalue weighted by Gasteiger charge is 2.49. The van der Waals surface area contributed by atoms with Gasteiger partial charge in [-0.15, -0.1) is 0 Å². The minimum Gasteiger partial charge on any atom is -0.291 e. The highest BCUT2D eigenvalue weighted by molar-refractivity contribution is 6.33. The van der Waals surface area contributed by atoms with Crippen LogP contribution in [0.1, 0.15) is 22.8 Å². The van der Waals surface area contributed by atoms with Gasteiger partial charge in [0.05, 0.1) is 5.71 Å². The van der Waals surface area contributed by atoms with Gasteiger partial charge in [-0.25, -0.2) is 0 Å². The third-order valence-electron chi connectivity index (χ3n) is 3.27. The summed E-state index contributed by atoms with van der Waals surface area (Å²) in [5.41, 5.74) is 1.97. The molecule has 3 rings (SSSR count). The second-order valence-electron chi connectivity index (χ2n) is 4.59. The van der Waals surface area contributed by atoms with Crippen LogP contribution in [0.4, 0.5) is 0 Å². The fourth-order valence-electron chi connectivity index (χ4n) is 2.17. The van der Waals surface area contributed by atoms with E-state index in [0.717, 1.165) is 16.8 Å². The zero-order valence-electron chi connectivity index (χ0n) is 10.1. The molecule has 1 atom stereocenters. The van der Waals surface area contributed by atoms with Crippen molar-refractivity contribution < 1.29 is 4.79 Å². The average molecular weight is 235 g/mol. The fraction of sp³-hybridized carbons (Fsp3) is 0.125. The van der Waals surface area contributed by atoms with Gasteiger partial charge in [-0.3, -0.25) is 9.79 Å². The van der Waals surface area contributed by atoms with Crippen LogP contribution < -0.4 is 0 Å². The largest absolute Gasteiger partial charge is 0.291 e. The number of benzene rings is 2. The number of Topliss-reactive ketones (excluding diaryl/α,β-unsaturated/α-hetero) is 1. The molecule has 0 bridgehead atoms. The first kappa shape index (κ1) is 10.9. The van der Waals surface area contributed by atoms with Gasteiger partial charge in [0.15, 0.2) is 11.3 Å². The Kier molecular flexibility index (Phi) is 2.37. The molecule has 0 radical (unpaired) electrons. The zero-order chi connectivity index (χ0) is 12.6. The van der Waals surface area contributed by atoms with Gasteiger partial charge in [-0.1, -0.05) is 60.7 Å². The summed E-state index contributed by atoms with van der Waals surface area (Å²) in [6, 6.07) is 19.2. The lowest BCUT2D eigenvalue weighted by Crippen LogP contribution is -2.27. The van der Waals surface area contributed by atoms with Gasteiger partial charge < -0.3 is 0 Å². The summed E-state index contributed by atoms with van der Waals surface area (Å²) in [6.07, 6.45) is 0. The third-order valence-corrected chi connectivity index (χ3v) is 3.27. The van der Waals surface area contributed by atoms with Crippen molar-refractivity contribution in [3.8, 4) is 0 Å². The predicted octanol–water partition coefficient (Wildman–Crippen LogP) is 3.13. The quantitative estimate of drug-likeness (QED) is 0.751. The Morgan fingerprint density at radius 1 is 0.944 bits per heavy atom. The van der Waals surface area contributed by atoms with Crippen molar-refractivity contribution >= 4 is 11.5 Å². The molecule has 0 saturated carbocycles. The van der Waals surface area contributed by atoms with Crippen LogP contribution in [0.15, 0.2) is 65.7 Å². The van der Waals surface area contributed by atoms with E-state index >= 15 is 0 Å². The number of ketones is 1. The molecule has 1 aliphatic heterocycles. The molecule has 1 aliphatic rings. The van der Waals surface area contributed by atoms with Crippen molar-refractivity contribution in [3.05, 3.63) is 71.8 Å². The molecule has 18 heavy (non-hydrogen) atoms. The topological polar surface area (TPSA) is 29.4 Å². The molecule has 0 saturated heterocycles. The van der Waals surface area contributed by atoms with E-state index in [2.05, 4.69) is 4.99 Å². The van der Waals surface area contributed by atoms with Crippen molar-refractivity contribution in [3.63, 3.8) is 0 Å². The van der Waals surface area contributed by atoms with E-state index in [4.69, 9.17) is 0 Å². The van der Waals surface area contributed by atoms with E-state index in [0.29, 0.717) is 0 Å². The first-order valence-electron chi connectivity index (χ1n) is 5.97. The maximum atomic E-state index is 12.4. The van der Waals surface area contributed by atoms with Gasteiger partial charge >= 0.3 is 0 Å². The molecule has 1 unspecified atom stereocenters. The summed E-state index contributed by atoms with van der Waals surface area (Å²) in [5, 5.41) is 0. The monoisotopic (exact) mass is 235 g/mol. The van der Waals surface area contributed by atoms with Crippen LogP contribution in [0, 0.1) is 0 Å². The fourth-order valence-corrected chi connectivity index (χ4v) is 2.17. The van der Waals surface area contributed by atoms with Crippen LogP contribution in [-0.4, -0.2) is 17.0 Å². The minimum atomic E-state index is -0.664. The molecule has 0 fully saturated rings. The van der Waals surface area contributed by atoms with Crippen LogP contribution in [-0.2, 0) is 0 Å². The van der Waals surface area contributed by atoms with Crippen molar-refractivity contribution in [1.82, 2.24) is 0 Å². The lowest BCUT2D eigenvalue weighted by atomic mass is 9.91. The Hall–Kier alpha value is -2.22. The molecule has 0 amide bonds. The van der Waals surface area contributed by atoms with Gasteiger partial charge in [-0.2, -0.15) is 0 Å². The Morgan fingerprint density at radius 2 is 1.50 bits per heavy atom. The normalized spacial score (nSPS) is 21.3. The zero-order valence-corrected chi connectivity index (χ0v) is 10.1. The SMILES string of the molecule is CC1(C(=O)c2ccccc2)N=C1c1ccccc1. The van der Waals surface area contributed by atoms with Crippen molar-refractivity contribution in [2.75, 3.05) is 0 Å². The molecule has 2 nitrogen and oxygen atoms in total. The molecule has 1 heterocycles. The van der Waals surface area contributed by atoms with Crippen molar-refractivity contribution in [1.29, 1.82) is 0 Å². The lowest BCUT2D eigenvalue weighted by Gasteiger charge is -2.08. The van der Waals surface area contributed by atoms with Crippen molar-refractivity contribution in [2.45, 2.75) is 12.5 Å². The summed E-state index contributed by atoms with van der Waals surface area (Å²) in [4.78, 5) is 16.8. The Bertz CT molecular complexity index is 616.